The number of fused-ring (bicyclic) bond motifs is 3. The van der Waals surface area contributed by atoms with Crippen LogP contribution in [-0.2, 0) is 16.1 Å². The van der Waals surface area contributed by atoms with Crippen molar-refractivity contribution in [1.82, 2.24) is 10.2 Å². The number of hydrogen-bond donors (Lipinski definition) is 1. The predicted octanol–water partition coefficient (Wildman–Crippen LogP) is 4.72. The van der Waals surface area contributed by atoms with E-state index in [1.807, 2.05) is 66.7 Å². The molecule has 8 heteroatoms. The normalized spacial score (nSPS) is 16.6. The minimum atomic E-state index is -0.628. The lowest BCUT2D eigenvalue weighted by Gasteiger charge is -2.25. The lowest BCUT2D eigenvalue weighted by molar-refractivity contribution is -0.124. The van der Waals surface area contributed by atoms with E-state index in [0.29, 0.717) is 22.6 Å². The van der Waals surface area contributed by atoms with E-state index in [4.69, 9.17) is 16.6 Å². The van der Waals surface area contributed by atoms with Gasteiger partial charge in [0.2, 0.25) is 5.91 Å². The molecule has 3 aromatic rings. The highest BCUT2D eigenvalue weighted by Gasteiger charge is 2.42. The number of benzene rings is 3. The fraction of sp³-hybridized carbons (Fsp3) is 0.120. The van der Waals surface area contributed by atoms with Crippen molar-refractivity contribution < 1.29 is 9.59 Å². The molecule has 33 heavy (non-hydrogen) atoms. The minimum Gasteiger partial charge on any atom is -0.351 e. The molecule has 0 unspecified atom stereocenters. The van der Waals surface area contributed by atoms with Gasteiger partial charge >= 0.3 is 0 Å². The van der Waals surface area contributed by atoms with Crippen LogP contribution in [-0.4, -0.2) is 33.5 Å². The minimum absolute atomic E-state index is 0.127. The molecule has 2 aliphatic rings. The summed E-state index contributed by atoms with van der Waals surface area (Å²) in [6.07, 6.45) is 0. The highest BCUT2D eigenvalue weighted by molar-refractivity contribution is 8.14. The highest BCUT2D eigenvalue weighted by atomic mass is 35.5. The molecule has 0 spiro atoms. The Morgan fingerprint density at radius 3 is 2.52 bits per heavy atom. The Morgan fingerprint density at radius 1 is 1.00 bits per heavy atom. The molecule has 0 aromatic heterocycles. The molecule has 0 fully saturated rings. The predicted molar refractivity (Wildman–Crippen MR) is 132 cm³/mol. The van der Waals surface area contributed by atoms with Crippen LogP contribution in [0.15, 0.2) is 88.8 Å². The zero-order chi connectivity index (χ0) is 22.8. The number of nitrogens with one attached hydrogen (secondary N) is 1. The second-order valence-corrected chi connectivity index (χ2v) is 8.92. The molecule has 1 N–H and O–H groups in total. The topological polar surface area (TPSA) is 74.1 Å². The summed E-state index contributed by atoms with van der Waals surface area (Å²) < 4.78 is 0. The number of thioether (sulfide) groups is 1. The van der Waals surface area contributed by atoms with Gasteiger partial charge in [0.1, 0.15) is 5.84 Å². The fourth-order valence-electron chi connectivity index (χ4n) is 3.68. The van der Waals surface area contributed by atoms with E-state index < -0.39 is 6.04 Å². The van der Waals surface area contributed by atoms with Crippen molar-refractivity contribution >= 4 is 51.9 Å². The van der Waals surface area contributed by atoms with Crippen LogP contribution in [0, 0.1) is 0 Å². The lowest BCUT2D eigenvalue weighted by Crippen LogP contribution is -2.40. The van der Waals surface area contributed by atoms with Gasteiger partial charge in [0, 0.05) is 17.1 Å². The average Bonchev–Trinajstić information content (AvgIpc) is 3.20. The van der Waals surface area contributed by atoms with Gasteiger partial charge < -0.3 is 5.32 Å². The number of para-hydroxylation sites is 1. The summed E-state index contributed by atoms with van der Waals surface area (Å²) in [5.41, 5.74) is 3.32. The van der Waals surface area contributed by atoms with Gasteiger partial charge in [-0.3, -0.25) is 9.59 Å². The molecule has 0 radical (unpaired) electrons. The Bertz CT molecular complexity index is 1280. The van der Waals surface area contributed by atoms with Gasteiger partial charge in [0.05, 0.1) is 11.4 Å². The summed E-state index contributed by atoms with van der Waals surface area (Å²) >= 11 is 7.13. The van der Waals surface area contributed by atoms with Crippen molar-refractivity contribution in [2.24, 2.45) is 9.98 Å². The zero-order valence-electron chi connectivity index (χ0n) is 17.4. The fourth-order valence-corrected chi connectivity index (χ4v) is 4.64. The molecule has 2 aliphatic heterocycles. The van der Waals surface area contributed by atoms with E-state index in [0.717, 1.165) is 22.4 Å². The maximum absolute atomic E-state index is 13.3. The number of carbonyl (C=O) groups excluding carboxylic acids is 2. The number of hydrogen-bond acceptors (Lipinski definition) is 5. The molecule has 5 rings (SSSR count). The third-order valence-electron chi connectivity index (χ3n) is 5.32. The monoisotopic (exact) mass is 474 g/mol. The largest absolute Gasteiger partial charge is 0.351 e. The van der Waals surface area contributed by atoms with Gasteiger partial charge in [-0.25, -0.2) is 14.9 Å². The van der Waals surface area contributed by atoms with Gasteiger partial charge in [-0.2, -0.15) is 0 Å². The Labute approximate surface area is 200 Å². The third kappa shape index (κ3) is 4.42. The first-order valence-corrected chi connectivity index (χ1v) is 11.8. The van der Waals surface area contributed by atoms with Crippen LogP contribution in [0.1, 0.15) is 22.7 Å². The number of carbonyl (C=O) groups is 2. The number of aliphatic imine (C=N–C) groups is 2. The molecule has 3 aromatic carbocycles. The number of halogens is 1. The Kier molecular flexibility index (Phi) is 5.98. The standard InChI is InChI=1S/C25H19ClN4O2S/c26-18-12-10-16(11-13-18)14-27-21(31)15-33-25-28-20-9-5-4-8-19(20)23-29-22(24(32)30(23)25)17-6-2-1-3-7-17/h1-13,22H,14-15H2,(H,27,31)/t22-/m1/s1. The first kappa shape index (κ1) is 21.4. The van der Waals surface area contributed by atoms with Crippen LogP contribution in [0.2, 0.25) is 5.02 Å². The van der Waals surface area contributed by atoms with Gasteiger partial charge in [-0.1, -0.05) is 78.0 Å². The number of rotatable bonds is 5. The van der Waals surface area contributed by atoms with Crippen molar-refractivity contribution in [2.75, 3.05) is 5.75 Å². The van der Waals surface area contributed by atoms with E-state index >= 15 is 0 Å². The van der Waals surface area contributed by atoms with E-state index in [9.17, 15) is 9.59 Å². The second kappa shape index (κ2) is 9.21. The summed E-state index contributed by atoms with van der Waals surface area (Å²) in [6.45, 7) is 0.400. The second-order valence-electron chi connectivity index (χ2n) is 7.54. The van der Waals surface area contributed by atoms with E-state index in [1.165, 1.54) is 16.7 Å². The van der Waals surface area contributed by atoms with Crippen molar-refractivity contribution in [3.63, 3.8) is 0 Å². The summed E-state index contributed by atoms with van der Waals surface area (Å²) in [5, 5.41) is 4.00. The molecular formula is C25H19ClN4O2S. The van der Waals surface area contributed by atoms with Gasteiger partial charge in [0.25, 0.3) is 5.91 Å². The Morgan fingerprint density at radius 2 is 1.73 bits per heavy atom. The van der Waals surface area contributed by atoms with E-state index in [-0.39, 0.29) is 17.6 Å². The van der Waals surface area contributed by atoms with Gasteiger partial charge in [-0.15, -0.1) is 0 Å². The SMILES string of the molecule is O=C(CSC1=Nc2ccccc2C2=N[C@H](c3ccccc3)C(=O)N12)NCc1ccc(Cl)cc1. The molecule has 0 bridgehead atoms. The van der Waals surface area contributed by atoms with E-state index in [1.54, 1.807) is 12.1 Å². The van der Waals surface area contributed by atoms with Crippen LogP contribution in [0.3, 0.4) is 0 Å². The summed E-state index contributed by atoms with van der Waals surface area (Å²) in [4.78, 5) is 36.8. The first-order chi connectivity index (χ1) is 16.1. The zero-order valence-corrected chi connectivity index (χ0v) is 19.0. The van der Waals surface area contributed by atoms with E-state index in [2.05, 4.69) is 10.3 Å². The molecule has 0 aliphatic carbocycles. The summed E-state index contributed by atoms with van der Waals surface area (Å²) in [7, 11) is 0. The molecule has 164 valence electrons. The third-order valence-corrected chi connectivity index (χ3v) is 6.51. The van der Waals surface area contributed by atoms with Crippen molar-refractivity contribution in [2.45, 2.75) is 12.6 Å². The highest BCUT2D eigenvalue weighted by Crippen LogP contribution is 2.37. The van der Waals surface area contributed by atoms with Crippen LogP contribution >= 0.6 is 23.4 Å². The Hall–Kier alpha value is -3.42. The summed E-state index contributed by atoms with van der Waals surface area (Å²) in [6, 6.07) is 23.7. The van der Waals surface area contributed by atoms with Crippen LogP contribution in [0.5, 0.6) is 0 Å². The molecule has 2 amide bonds. The number of amidine groups is 2. The van der Waals surface area contributed by atoms with Crippen molar-refractivity contribution in [3.05, 3.63) is 101 Å². The van der Waals surface area contributed by atoms with Crippen LogP contribution in [0.25, 0.3) is 0 Å². The average molecular weight is 475 g/mol. The summed E-state index contributed by atoms with van der Waals surface area (Å²) in [5.74, 6) is 0.380. The Balaban J connectivity index is 1.34. The molecular weight excluding hydrogens is 456 g/mol. The molecule has 1 atom stereocenters. The molecule has 0 saturated carbocycles. The van der Waals surface area contributed by atoms with Gasteiger partial charge in [0.15, 0.2) is 11.2 Å². The lowest BCUT2D eigenvalue weighted by atomic mass is 10.1. The quantitative estimate of drug-likeness (QED) is 0.581. The van der Waals surface area contributed by atoms with Crippen LogP contribution in [0.4, 0.5) is 5.69 Å². The molecule has 0 saturated heterocycles. The molecule has 2 heterocycles. The number of nitrogens with zero attached hydrogens (tertiary/aromatic N) is 3. The van der Waals surface area contributed by atoms with Crippen molar-refractivity contribution in [3.8, 4) is 0 Å². The van der Waals surface area contributed by atoms with Crippen molar-refractivity contribution in [1.29, 1.82) is 0 Å². The van der Waals surface area contributed by atoms with Crippen LogP contribution < -0.4 is 5.32 Å². The number of amides is 2. The maximum atomic E-state index is 13.3. The maximum Gasteiger partial charge on any atom is 0.263 e. The van der Waals surface area contributed by atoms with Gasteiger partial charge in [-0.05, 0) is 35.4 Å². The molecule has 6 nitrogen and oxygen atoms in total. The first-order valence-electron chi connectivity index (χ1n) is 10.4. The smallest absolute Gasteiger partial charge is 0.263 e.